The highest BCUT2D eigenvalue weighted by Crippen LogP contribution is 2.21. The molecule has 0 aliphatic rings. The third-order valence-corrected chi connectivity index (χ3v) is 2.87. The van der Waals surface area contributed by atoms with Gasteiger partial charge in [0, 0.05) is 6.04 Å². The van der Waals surface area contributed by atoms with Gasteiger partial charge in [0.25, 0.3) is 0 Å². The Morgan fingerprint density at radius 1 is 1.24 bits per heavy atom. The SMILES string of the molecule is CCC(N)c1cccc(OC(C)CC(C)C)c1. The molecule has 0 fully saturated rings. The molecule has 2 unspecified atom stereocenters. The van der Waals surface area contributed by atoms with E-state index in [0.717, 1.165) is 24.2 Å². The average Bonchev–Trinajstić information content (AvgIpc) is 2.27. The lowest BCUT2D eigenvalue weighted by atomic mass is 10.0. The van der Waals surface area contributed by atoms with Crippen LogP contribution < -0.4 is 10.5 Å². The molecule has 0 aliphatic heterocycles. The van der Waals surface area contributed by atoms with Gasteiger partial charge in [0.1, 0.15) is 5.75 Å². The highest BCUT2D eigenvalue weighted by Gasteiger charge is 2.08. The molecule has 1 rings (SSSR count). The molecule has 0 aliphatic carbocycles. The molecule has 0 aromatic heterocycles. The first-order valence-electron chi connectivity index (χ1n) is 6.55. The van der Waals surface area contributed by atoms with Crippen LogP contribution in [0.4, 0.5) is 0 Å². The summed E-state index contributed by atoms with van der Waals surface area (Å²) in [7, 11) is 0. The van der Waals surface area contributed by atoms with Crippen molar-refractivity contribution in [2.45, 2.75) is 52.7 Å². The predicted molar refractivity (Wildman–Crippen MR) is 73.2 cm³/mol. The van der Waals surface area contributed by atoms with Gasteiger partial charge in [-0.15, -0.1) is 0 Å². The molecule has 0 saturated heterocycles. The second-order valence-electron chi connectivity index (χ2n) is 5.15. The van der Waals surface area contributed by atoms with Gasteiger partial charge in [-0.1, -0.05) is 32.9 Å². The van der Waals surface area contributed by atoms with E-state index < -0.39 is 0 Å². The van der Waals surface area contributed by atoms with Gasteiger partial charge >= 0.3 is 0 Å². The standard InChI is InChI=1S/C15H25NO/c1-5-15(16)13-7-6-8-14(10-13)17-12(4)9-11(2)3/h6-8,10-12,15H,5,9,16H2,1-4H3. The smallest absolute Gasteiger partial charge is 0.120 e. The van der Waals surface area contributed by atoms with E-state index in [-0.39, 0.29) is 12.1 Å². The Morgan fingerprint density at radius 2 is 1.94 bits per heavy atom. The topological polar surface area (TPSA) is 35.2 Å². The summed E-state index contributed by atoms with van der Waals surface area (Å²) in [4.78, 5) is 0. The molecule has 2 atom stereocenters. The first-order chi connectivity index (χ1) is 8.02. The Bertz CT molecular complexity index is 335. The zero-order valence-corrected chi connectivity index (χ0v) is 11.4. The maximum atomic E-state index is 6.02. The summed E-state index contributed by atoms with van der Waals surface area (Å²) in [5, 5.41) is 0. The molecule has 1 aromatic rings. The Balaban J connectivity index is 2.65. The van der Waals surface area contributed by atoms with Crippen LogP contribution in [0.1, 0.15) is 52.1 Å². The number of rotatable bonds is 6. The summed E-state index contributed by atoms with van der Waals surface area (Å²) >= 11 is 0. The van der Waals surface area contributed by atoms with Crippen LogP contribution in [0.3, 0.4) is 0 Å². The number of ether oxygens (including phenoxy) is 1. The van der Waals surface area contributed by atoms with Crippen LogP contribution >= 0.6 is 0 Å². The Labute approximate surface area is 105 Å². The lowest BCUT2D eigenvalue weighted by Gasteiger charge is -2.18. The lowest BCUT2D eigenvalue weighted by Crippen LogP contribution is -2.15. The molecule has 0 amide bonds. The quantitative estimate of drug-likeness (QED) is 0.811. The van der Waals surface area contributed by atoms with Crippen molar-refractivity contribution < 1.29 is 4.74 Å². The third-order valence-electron chi connectivity index (χ3n) is 2.87. The molecule has 0 spiro atoms. The number of nitrogens with two attached hydrogens (primary N) is 1. The van der Waals surface area contributed by atoms with E-state index in [4.69, 9.17) is 10.5 Å². The molecular weight excluding hydrogens is 210 g/mol. The fraction of sp³-hybridized carbons (Fsp3) is 0.600. The first kappa shape index (κ1) is 14.0. The number of benzene rings is 1. The van der Waals surface area contributed by atoms with Gasteiger partial charge in [0.05, 0.1) is 6.10 Å². The van der Waals surface area contributed by atoms with E-state index in [0.29, 0.717) is 5.92 Å². The summed E-state index contributed by atoms with van der Waals surface area (Å²) in [6, 6.07) is 8.25. The van der Waals surface area contributed by atoms with Crippen molar-refractivity contribution in [2.75, 3.05) is 0 Å². The van der Waals surface area contributed by atoms with Crippen LogP contribution in [0.15, 0.2) is 24.3 Å². The van der Waals surface area contributed by atoms with Crippen molar-refractivity contribution in [1.82, 2.24) is 0 Å². The van der Waals surface area contributed by atoms with E-state index in [1.54, 1.807) is 0 Å². The zero-order valence-electron chi connectivity index (χ0n) is 11.4. The Hall–Kier alpha value is -1.02. The van der Waals surface area contributed by atoms with Crippen LogP contribution in [0.5, 0.6) is 5.75 Å². The van der Waals surface area contributed by atoms with Crippen molar-refractivity contribution in [3.63, 3.8) is 0 Å². The summed E-state index contributed by atoms with van der Waals surface area (Å²) < 4.78 is 5.90. The van der Waals surface area contributed by atoms with E-state index in [1.807, 2.05) is 12.1 Å². The van der Waals surface area contributed by atoms with Gasteiger partial charge in [0.15, 0.2) is 0 Å². The Morgan fingerprint density at radius 3 is 2.53 bits per heavy atom. The summed E-state index contributed by atoms with van der Waals surface area (Å²) in [5.74, 6) is 1.59. The molecular formula is C15H25NO. The van der Waals surface area contributed by atoms with Crippen LogP contribution in [-0.4, -0.2) is 6.10 Å². The second-order valence-corrected chi connectivity index (χ2v) is 5.15. The molecule has 0 bridgehead atoms. The molecule has 0 radical (unpaired) electrons. The maximum Gasteiger partial charge on any atom is 0.120 e. The Kier molecular flexibility index (Phi) is 5.49. The van der Waals surface area contributed by atoms with Gasteiger partial charge < -0.3 is 10.5 Å². The molecule has 1 aromatic carbocycles. The van der Waals surface area contributed by atoms with Crippen molar-refractivity contribution in [1.29, 1.82) is 0 Å². The van der Waals surface area contributed by atoms with Crippen LogP contribution in [0, 0.1) is 5.92 Å². The second kappa shape index (κ2) is 6.65. The fourth-order valence-electron chi connectivity index (χ4n) is 2.00. The molecule has 17 heavy (non-hydrogen) atoms. The highest BCUT2D eigenvalue weighted by molar-refractivity contribution is 5.30. The van der Waals surface area contributed by atoms with Crippen molar-refractivity contribution >= 4 is 0 Å². The first-order valence-corrected chi connectivity index (χ1v) is 6.55. The molecule has 0 saturated carbocycles. The normalized spacial score (nSPS) is 14.7. The van der Waals surface area contributed by atoms with Crippen LogP contribution in [-0.2, 0) is 0 Å². The zero-order chi connectivity index (χ0) is 12.8. The van der Waals surface area contributed by atoms with E-state index >= 15 is 0 Å². The van der Waals surface area contributed by atoms with E-state index in [2.05, 4.69) is 39.8 Å². The number of hydrogen-bond acceptors (Lipinski definition) is 2. The minimum absolute atomic E-state index is 0.110. The monoisotopic (exact) mass is 235 g/mol. The van der Waals surface area contributed by atoms with Crippen LogP contribution in [0.25, 0.3) is 0 Å². The minimum Gasteiger partial charge on any atom is -0.491 e. The predicted octanol–water partition coefficient (Wildman–Crippen LogP) is 3.91. The van der Waals surface area contributed by atoms with Gasteiger partial charge in [0.2, 0.25) is 0 Å². The van der Waals surface area contributed by atoms with Gasteiger partial charge in [-0.2, -0.15) is 0 Å². The van der Waals surface area contributed by atoms with E-state index in [1.165, 1.54) is 0 Å². The van der Waals surface area contributed by atoms with Crippen molar-refractivity contribution in [3.8, 4) is 5.75 Å². The molecule has 2 N–H and O–H groups in total. The van der Waals surface area contributed by atoms with Crippen molar-refractivity contribution in [2.24, 2.45) is 11.7 Å². The third kappa shape index (κ3) is 4.78. The van der Waals surface area contributed by atoms with E-state index in [9.17, 15) is 0 Å². The molecule has 96 valence electrons. The minimum atomic E-state index is 0.110. The van der Waals surface area contributed by atoms with Crippen molar-refractivity contribution in [3.05, 3.63) is 29.8 Å². The van der Waals surface area contributed by atoms with Gasteiger partial charge in [-0.25, -0.2) is 0 Å². The fourth-order valence-corrected chi connectivity index (χ4v) is 2.00. The largest absolute Gasteiger partial charge is 0.491 e. The number of hydrogen-bond donors (Lipinski definition) is 1. The van der Waals surface area contributed by atoms with Gasteiger partial charge in [-0.05, 0) is 43.4 Å². The van der Waals surface area contributed by atoms with Crippen LogP contribution in [0.2, 0.25) is 0 Å². The van der Waals surface area contributed by atoms with Gasteiger partial charge in [-0.3, -0.25) is 0 Å². The average molecular weight is 235 g/mol. The lowest BCUT2D eigenvalue weighted by molar-refractivity contribution is 0.193. The summed E-state index contributed by atoms with van der Waals surface area (Å²) in [6.07, 6.45) is 2.28. The molecule has 2 heteroatoms. The molecule has 0 heterocycles. The summed E-state index contributed by atoms with van der Waals surface area (Å²) in [5.41, 5.74) is 7.17. The molecule has 2 nitrogen and oxygen atoms in total. The summed E-state index contributed by atoms with van der Waals surface area (Å²) in [6.45, 7) is 8.64. The maximum absolute atomic E-state index is 6.02. The highest BCUT2D eigenvalue weighted by atomic mass is 16.5.